The number of nitrogens with one attached hydrogen (secondary N) is 1. The van der Waals surface area contributed by atoms with Gasteiger partial charge in [0.1, 0.15) is 6.04 Å². The summed E-state index contributed by atoms with van der Waals surface area (Å²) in [4.78, 5) is 27.6. The topological polar surface area (TPSA) is 86.8 Å². The van der Waals surface area contributed by atoms with Crippen LogP contribution in [-0.4, -0.2) is 50.0 Å². The average molecular weight is 543 g/mol. The average Bonchev–Trinajstić information content (AvgIpc) is 2.80. The van der Waals surface area contributed by atoms with Crippen molar-refractivity contribution in [1.29, 1.82) is 0 Å². The van der Waals surface area contributed by atoms with Gasteiger partial charge in [-0.1, -0.05) is 48.3 Å². The highest BCUT2D eigenvalue weighted by atomic mass is 35.5. The maximum absolute atomic E-state index is 13.3. The van der Waals surface area contributed by atoms with Gasteiger partial charge in [-0.05, 0) is 62.6 Å². The van der Waals surface area contributed by atoms with E-state index in [0.717, 1.165) is 18.2 Å². The van der Waals surface area contributed by atoms with Crippen molar-refractivity contribution in [2.24, 2.45) is 0 Å². The quantitative estimate of drug-likeness (QED) is 0.415. The van der Waals surface area contributed by atoms with Crippen molar-refractivity contribution in [3.05, 3.63) is 64.1 Å². The van der Waals surface area contributed by atoms with Gasteiger partial charge in [-0.3, -0.25) is 13.9 Å². The Bertz CT molecular complexity index is 1110. The Balaban J connectivity index is 2.18. The summed E-state index contributed by atoms with van der Waals surface area (Å²) in [6, 6.07) is 12.9. The van der Waals surface area contributed by atoms with Gasteiger partial charge in [0.05, 0.1) is 11.9 Å². The summed E-state index contributed by atoms with van der Waals surface area (Å²) in [6.07, 6.45) is 2.22. The first-order chi connectivity index (χ1) is 16.4. The summed E-state index contributed by atoms with van der Waals surface area (Å²) < 4.78 is 26.0. The van der Waals surface area contributed by atoms with Crippen molar-refractivity contribution in [3.8, 4) is 0 Å². The third-order valence-corrected chi connectivity index (χ3v) is 7.55. The van der Waals surface area contributed by atoms with Gasteiger partial charge in [-0.2, -0.15) is 0 Å². The molecule has 0 aromatic heterocycles. The van der Waals surface area contributed by atoms with Gasteiger partial charge in [0.2, 0.25) is 21.8 Å². The van der Waals surface area contributed by atoms with E-state index in [-0.39, 0.29) is 43.8 Å². The fraction of sp³-hybridized carbons (Fsp3) is 0.440. The summed E-state index contributed by atoms with van der Waals surface area (Å²) in [6.45, 7) is 5.83. The van der Waals surface area contributed by atoms with Crippen molar-refractivity contribution in [1.82, 2.24) is 10.2 Å². The lowest BCUT2D eigenvalue weighted by molar-refractivity contribution is -0.140. The fourth-order valence-electron chi connectivity index (χ4n) is 3.47. The van der Waals surface area contributed by atoms with Gasteiger partial charge in [-0.25, -0.2) is 8.42 Å². The maximum Gasteiger partial charge on any atom is 0.242 e. The van der Waals surface area contributed by atoms with Crippen LogP contribution in [-0.2, 0) is 26.2 Å². The second-order valence-corrected chi connectivity index (χ2v) is 11.3. The van der Waals surface area contributed by atoms with Gasteiger partial charge in [0.15, 0.2) is 0 Å². The molecule has 0 heterocycles. The fourth-order valence-corrected chi connectivity index (χ4v) is 4.76. The number of benzene rings is 2. The first-order valence-electron chi connectivity index (χ1n) is 11.5. The Morgan fingerprint density at radius 1 is 1.03 bits per heavy atom. The molecule has 1 N–H and O–H groups in total. The van der Waals surface area contributed by atoms with E-state index < -0.39 is 16.1 Å². The Morgan fingerprint density at radius 2 is 1.66 bits per heavy atom. The molecule has 0 bridgehead atoms. The smallest absolute Gasteiger partial charge is 0.242 e. The van der Waals surface area contributed by atoms with Crippen LogP contribution in [0.3, 0.4) is 0 Å². The van der Waals surface area contributed by atoms with Crippen molar-refractivity contribution in [3.63, 3.8) is 0 Å². The summed E-state index contributed by atoms with van der Waals surface area (Å²) >= 11 is 12.2. The van der Waals surface area contributed by atoms with E-state index in [2.05, 4.69) is 5.32 Å². The second-order valence-electron chi connectivity index (χ2n) is 8.52. The van der Waals surface area contributed by atoms with E-state index in [1.165, 1.54) is 9.21 Å². The summed E-state index contributed by atoms with van der Waals surface area (Å²) in [5.41, 5.74) is 1.20. The maximum atomic E-state index is 13.3. The Kier molecular flexibility index (Phi) is 10.9. The van der Waals surface area contributed by atoms with Crippen LogP contribution in [0.4, 0.5) is 5.69 Å². The highest BCUT2D eigenvalue weighted by Gasteiger charge is 2.27. The molecule has 7 nitrogen and oxygen atoms in total. The molecule has 0 unspecified atom stereocenters. The molecule has 0 saturated heterocycles. The normalized spacial score (nSPS) is 13.1. The SMILES string of the molecule is CC[C@@H](C)NC(=O)[C@H](C)N(Cc1ccccc1Cl)C(=O)CCCN(c1ccc(Cl)cc1)S(C)(=O)=O. The molecule has 0 fully saturated rings. The molecular formula is C25H33Cl2N3O4S. The Hall–Kier alpha value is -2.29. The second kappa shape index (κ2) is 13.1. The molecule has 0 radical (unpaired) electrons. The molecule has 2 aromatic carbocycles. The first kappa shape index (κ1) is 28.9. The summed E-state index contributed by atoms with van der Waals surface area (Å²) in [7, 11) is -3.57. The molecule has 0 spiro atoms. The third kappa shape index (κ3) is 8.70. The van der Waals surface area contributed by atoms with Gasteiger partial charge in [0, 0.05) is 35.6 Å². The molecule has 0 saturated carbocycles. The van der Waals surface area contributed by atoms with Crippen molar-refractivity contribution in [2.45, 2.75) is 58.7 Å². The molecule has 2 amide bonds. The molecule has 0 aliphatic rings. The zero-order valence-electron chi connectivity index (χ0n) is 20.5. The minimum absolute atomic E-state index is 0.0232. The molecular weight excluding hydrogens is 509 g/mol. The van der Waals surface area contributed by atoms with E-state index in [9.17, 15) is 18.0 Å². The Morgan fingerprint density at radius 3 is 2.23 bits per heavy atom. The van der Waals surface area contributed by atoms with Gasteiger partial charge >= 0.3 is 0 Å². The monoisotopic (exact) mass is 541 g/mol. The minimum Gasteiger partial charge on any atom is -0.352 e. The number of rotatable bonds is 12. The number of nitrogens with zero attached hydrogens (tertiary/aromatic N) is 2. The van der Waals surface area contributed by atoms with E-state index in [1.54, 1.807) is 43.3 Å². The van der Waals surface area contributed by atoms with Crippen molar-refractivity contribution < 1.29 is 18.0 Å². The van der Waals surface area contributed by atoms with Crippen molar-refractivity contribution in [2.75, 3.05) is 17.1 Å². The lowest BCUT2D eigenvalue weighted by Crippen LogP contribution is -2.49. The summed E-state index contributed by atoms with van der Waals surface area (Å²) in [5, 5.41) is 3.92. The zero-order valence-corrected chi connectivity index (χ0v) is 22.8. The van der Waals surface area contributed by atoms with Gasteiger partial charge < -0.3 is 10.2 Å². The minimum atomic E-state index is -3.57. The van der Waals surface area contributed by atoms with Gasteiger partial charge in [-0.15, -0.1) is 0 Å². The third-order valence-electron chi connectivity index (χ3n) is 5.73. The van der Waals surface area contributed by atoms with E-state index in [4.69, 9.17) is 23.2 Å². The number of hydrogen-bond acceptors (Lipinski definition) is 4. The highest BCUT2D eigenvalue weighted by molar-refractivity contribution is 7.92. The zero-order chi connectivity index (χ0) is 26.2. The first-order valence-corrected chi connectivity index (χ1v) is 14.1. The Labute approximate surface area is 218 Å². The summed E-state index contributed by atoms with van der Waals surface area (Å²) in [5.74, 6) is -0.514. The van der Waals surface area contributed by atoms with Crippen LogP contribution in [0.5, 0.6) is 0 Å². The number of anilines is 1. The molecule has 2 atom stereocenters. The van der Waals surface area contributed by atoms with Crippen LogP contribution < -0.4 is 9.62 Å². The van der Waals surface area contributed by atoms with Crippen molar-refractivity contribution >= 4 is 50.7 Å². The van der Waals surface area contributed by atoms with Crippen LogP contribution in [0.25, 0.3) is 0 Å². The molecule has 35 heavy (non-hydrogen) atoms. The number of amides is 2. The number of carbonyl (C=O) groups excluding carboxylic acids is 2. The highest BCUT2D eigenvalue weighted by Crippen LogP contribution is 2.22. The van der Waals surface area contributed by atoms with Crippen LogP contribution in [0, 0.1) is 0 Å². The number of carbonyl (C=O) groups is 2. The number of sulfonamides is 1. The lowest BCUT2D eigenvalue weighted by atomic mass is 10.1. The molecule has 10 heteroatoms. The van der Waals surface area contributed by atoms with E-state index >= 15 is 0 Å². The van der Waals surface area contributed by atoms with Crippen LogP contribution in [0.15, 0.2) is 48.5 Å². The number of hydrogen-bond donors (Lipinski definition) is 1. The predicted molar refractivity (Wildman–Crippen MR) is 142 cm³/mol. The van der Waals surface area contributed by atoms with Crippen LogP contribution >= 0.6 is 23.2 Å². The van der Waals surface area contributed by atoms with Crippen LogP contribution in [0.1, 0.15) is 45.6 Å². The van der Waals surface area contributed by atoms with Crippen LogP contribution in [0.2, 0.25) is 10.0 Å². The standard InChI is InChI=1S/C25H33Cl2N3O4S/c1-5-18(2)28-25(32)19(3)29(17-20-9-6-7-10-23(20)27)24(31)11-8-16-30(35(4,33)34)22-14-12-21(26)13-15-22/h6-7,9-10,12-15,18-19H,5,8,11,16-17H2,1-4H3,(H,28,32)/t18-,19+/m1/s1. The molecule has 0 aliphatic heterocycles. The molecule has 2 rings (SSSR count). The molecule has 192 valence electrons. The lowest BCUT2D eigenvalue weighted by Gasteiger charge is -2.30. The number of halogens is 2. The predicted octanol–water partition coefficient (Wildman–Crippen LogP) is 4.87. The van der Waals surface area contributed by atoms with Gasteiger partial charge in [0.25, 0.3) is 0 Å². The largest absolute Gasteiger partial charge is 0.352 e. The van der Waals surface area contributed by atoms with E-state index in [0.29, 0.717) is 15.7 Å². The molecule has 0 aliphatic carbocycles. The molecule has 2 aromatic rings. The van der Waals surface area contributed by atoms with E-state index in [1.807, 2.05) is 26.0 Å².